The van der Waals surface area contributed by atoms with Gasteiger partial charge in [0.25, 0.3) is 0 Å². The summed E-state index contributed by atoms with van der Waals surface area (Å²) in [5.41, 5.74) is 1.10. The predicted octanol–water partition coefficient (Wildman–Crippen LogP) is 3.37. The Morgan fingerprint density at radius 1 is 1.47 bits per heavy atom. The SMILES string of the molecule is Cc1cc(OC(F)F)c(C=O)c(C)c1Cl. The van der Waals surface area contributed by atoms with Gasteiger partial charge in [-0.2, -0.15) is 8.78 Å². The summed E-state index contributed by atoms with van der Waals surface area (Å²) < 4.78 is 28.3. The van der Waals surface area contributed by atoms with Gasteiger partial charge in [-0.25, -0.2) is 0 Å². The van der Waals surface area contributed by atoms with Crippen LogP contribution in [-0.4, -0.2) is 12.9 Å². The summed E-state index contributed by atoms with van der Waals surface area (Å²) >= 11 is 5.87. The van der Waals surface area contributed by atoms with Crippen LogP contribution in [0.3, 0.4) is 0 Å². The number of carbonyl (C=O) groups excluding carboxylic acids is 1. The molecular formula is C10H9ClF2O2. The van der Waals surface area contributed by atoms with Gasteiger partial charge in [0.05, 0.1) is 5.56 Å². The van der Waals surface area contributed by atoms with Gasteiger partial charge in [-0.05, 0) is 31.0 Å². The van der Waals surface area contributed by atoms with Gasteiger partial charge in [-0.1, -0.05) is 11.6 Å². The van der Waals surface area contributed by atoms with Gasteiger partial charge in [0, 0.05) is 5.02 Å². The van der Waals surface area contributed by atoms with Gasteiger partial charge in [-0.15, -0.1) is 0 Å². The molecule has 0 N–H and O–H groups in total. The third-order valence-electron chi connectivity index (χ3n) is 2.03. The van der Waals surface area contributed by atoms with Crippen molar-refractivity contribution in [3.8, 4) is 5.75 Å². The Hall–Kier alpha value is -1.16. The second-order valence-electron chi connectivity index (χ2n) is 3.04. The Morgan fingerprint density at radius 2 is 2.07 bits per heavy atom. The van der Waals surface area contributed by atoms with E-state index in [0.717, 1.165) is 0 Å². The maximum atomic E-state index is 12.0. The number of halogens is 3. The van der Waals surface area contributed by atoms with Crippen LogP contribution in [0.5, 0.6) is 5.75 Å². The molecule has 0 aliphatic carbocycles. The van der Waals surface area contributed by atoms with Crippen LogP contribution in [0, 0.1) is 13.8 Å². The predicted molar refractivity (Wildman–Crippen MR) is 52.9 cm³/mol. The van der Waals surface area contributed by atoms with E-state index in [1.807, 2.05) is 0 Å². The molecule has 0 atom stereocenters. The zero-order chi connectivity index (χ0) is 11.6. The fourth-order valence-corrected chi connectivity index (χ4v) is 1.43. The Labute approximate surface area is 90.8 Å². The number of hydrogen-bond donors (Lipinski definition) is 0. The number of aldehydes is 1. The average molecular weight is 235 g/mol. The summed E-state index contributed by atoms with van der Waals surface area (Å²) in [4.78, 5) is 10.7. The molecule has 0 fully saturated rings. The minimum absolute atomic E-state index is 0.0610. The van der Waals surface area contributed by atoms with Crippen molar-refractivity contribution in [1.29, 1.82) is 0 Å². The van der Waals surface area contributed by atoms with Crippen LogP contribution in [0.2, 0.25) is 5.02 Å². The molecule has 2 nitrogen and oxygen atoms in total. The molecule has 1 rings (SSSR count). The Balaban J connectivity index is 3.31. The average Bonchev–Trinajstić information content (AvgIpc) is 2.14. The van der Waals surface area contributed by atoms with Crippen LogP contribution in [0.25, 0.3) is 0 Å². The van der Waals surface area contributed by atoms with E-state index in [2.05, 4.69) is 4.74 Å². The lowest BCUT2D eigenvalue weighted by Gasteiger charge is -2.12. The molecule has 5 heteroatoms. The molecule has 0 saturated heterocycles. The van der Waals surface area contributed by atoms with Gasteiger partial charge in [0.2, 0.25) is 0 Å². The molecule has 0 heterocycles. The van der Waals surface area contributed by atoms with E-state index in [9.17, 15) is 13.6 Å². The van der Waals surface area contributed by atoms with Gasteiger partial charge in [-0.3, -0.25) is 4.79 Å². The van der Waals surface area contributed by atoms with Crippen molar-refractivity contribution >= 4 is 17.9 Å². The lowest BCUT2D eigenvalue weighted by Crippen LogP contribution is -2.06. The van der Waals surface area contributed by atoms with Crippen molar-refractivity contribution in [2.24, 2.45) is 0 Å². The first-order valence-corrected chi connectivity index (χ1v) is 4.54. The fourth-order valence-electron chi connectivity index (χ4n) is 1.28. The fraction of sp³-hybridized carbons (Fsp3) is 0.300. The van der Waals surface area contributed by atoms with Crippen molar-refractivity contribution < 1.29 is 18.3 Å². The lowest BCUT2D eigenvalue weighted by molar-refractivity contribution is -0.0501. The minimum atomic E-state index is -2.95. The van der Waals surface area contributed by atoms with E-state index < -0.39 is 6.61 Å². The highest BCUT2D eigenvalue weighted by molar-refractivity contribution is 6.32. The first kappa shape index (κ1) is 11.9. The molecular weight excluding hydrogens is 226 g/mol. The third-order valence-corrected chi connectivity index (χ3v) is 2.61. The number of ether oxygens (including phenoxy) is 1. The summed E-state index contributed by atoms with van der Waals surface area (Å²) in [5.74, 6) is -0.139. The summed E-state index contributed by atoms with van der Waals surface area (Å²) in [6.07, 6.45) is 0.457. The van der Waals surface area contributed by atoms with E-state index >= 15 is 0 Å². The van der Waals surface area contributed by atoms with E-state index in [0.29, 0.717) is 22.4 Å². The molecule has 0 aliphatic heterocycles. The molecule has 0 aliphatic rings. The quantitative estimate of drug-likeness (QED) is 0.750. The maximum absolute atomic E-state index is 12.0. The molecule has 82 valence electrons. The van der Waals surface area contributed by atoms with Crippen LogP contribution in [0.1, 0.15) is 21.5 Å². The second kappa shape index (κ2) is 4.57. The molecule has 0 saturated carbocycles. The Kier molecular flexibility index (Phi) is 3.63. The van der Waals surface area contributed by atoms with Crippen LogP contribution < -0.4 is 4.74 Å². The molecule has 0 amide bonds. The monoisotopic (exact) mass is 234 g/mol. The number of carbonyl (C=O) groups is 1. The zero-order valence-corrected chi connectivity index (χ0v) is 8.94. The number of alkyl halides is 2. The molecule has 0 unspecified atom stereocenters. The summed E-state index contributed by atoms with van der Waals surface area (Å²) in [6.45, 7) is 0.281. The summed E-state index contributed by atoms with van der Waals surface area (Å²) in [7, 11) is 0. The standard InChI is InChI=1S/C10H9ClF2O2/c1-5-3-8(15-10(12)13)7(4-14)6(2)9(5)11/h3-4,10H,1-2H3. The third kappa shape index (κ3) is 2.45. The first-order chi connectivity index (χ1) is 6.97. The van der Waals surface area contributed by atoms with Crippen molar-refractivity contribution in [2.75, 3.05) is 0 Å². The lowest BCUT2D eigenvalue weighted by atomic mass is 10.1. The van der Waals surface area contributed by atoms with Gasteiger partial charge in [0.15, 0.2) is 6.29 Å². The smallest absolute Gasteiger partial charge is 0.387 e. The van der Waals surface area contributed by atoms with Crippen molar-refractivity contribution in [1.82, 2.24) is 0 Å². The molecule has 0 radical (unpaired) electrons. The number of hydrogen-bond acceptors (Lipinski definition) is 2. The topological polar surface area (TPSA) is 26.3 Å². The van der Waals surface area contributed by atoms with Crippen LogP contribution >= 0.6 is 11.6 Å². The van der Waals surface area contributed by atoms with Crippen LogP contribution in [-0.2, 0) is 0 Å². The van der Waals surface area contributed by atoms with Crippen molar-refractivity contribution in [3.63, 3.8) is 0 Å². The normalized spacial score (nSPS) is 10.5. The summed E-state index contributed by atoms with van der Waals surface area (Å²) in [5, 5.41) is 0.388. The van der Waals surface area contributed by atoms with Gasteiger partial charge >= 0.3 is 6.61 Å². The van der Waals surface area contributed by atoms with Crippen molar-refractivity contribution in [3.05, 3.63) is 27.8 Å². The Bertz CT molecular complexity index is 391. The van der Waals surface area contributed by atoms with Gasteiger partial charge < -0.3 is 4.74 Å². The highest BCUT2D eigenvalue weighted by Crippen LogP contribution is 2.31. The Morgan fingerprint density at radius 3 is 2.53 bits per heavy atom. The molecule has 0 spiro atoms. The van der Waals surface area contributed by atoms with Gasteiger partial charge in [0.1, 0.15) is 5.75 Å². The van der Waals surface area contributed by atoms with Crippen LogP contribution in [0.4, 0.5) is 8.78 Å². The zero-order valence-electron chi connectivity index (χ0n) is 8.18. The highest BCUT2D eigenvalue weighted by atomic mass is 35.5. The molecule has 1 aromatic rings. The number of benzene rings is 1. The number of rotatable bonds is 3. The van der Waals surface area contributed by atoms with Crippen molar-refractivity contribution in [2.45, 2.75) is 20.5 Å². The van der Waals surface area contributed by atoms with E-state index in [1.54, 1.807) is 13.8 Å². The second-order valence-corrected chi connectivity index (χ2v) is 3.42. The highest BCUT2D eigenvalue weighted by Gasteiger charge is 2.15. The molecule has 1 aromatic carbocycles. The van der Waals surface area contributed by atoms with E-state index in [4.69, 9.17) is 11.6 Å². The van der Waals surface area contributed by atoms with E-state index in [-0.39, 0.29) is 11.3 Å². The summed E-state index contributed by atoms with van der Waals surface area (Å²) in [6, 6.07) is 1.32. The largest absolute Gasteiger partial charge is 0.434 e. The maximum Gasteiger partial charge on any atom is 0.387 e. The molecule has 0 bridgehead atoms. The minimum Gasteiger partial charge on any atom is -0.434 e. The van der Waals surface area contributed by atoms with Crippen LogP contribution in [0.15, 0.2) is 6.07 Å². The number of aryl methyl sites for hydroxylation is 1. The first-order valence-electron chi connectivity index (χ1n) is 4.17. The molecule has 15 heavy (non-hydrogen) atoms. The molecule has 0 aromatic heterocycles. The van der Waals surface area contributed by atoms with E-state index in [1.165, 1.54) is 6.07 Å².